The molecule has 0 heterocycles. The van der Waals surface area contributed by atoms with E-state index < -0.39 is 23.8 Å². The van der Waals surface area contributed by atoms with E-state index in [4.69, 9.17) is 9.47 Å². The van der Waals surface area contributed by atoms with Crippen LogP contribution in [-0.2, 0) is 19.1 Å². The van der Waals surface area contributed by atoms with Gasteiger partial charge in [-0.3, -0.25) is 14.4 Å². The van der Waals surface area contributed by atoms with Crippen molar-refractivity contribution in [3.63, 3.8) is 0 Å². The Kier molecular flexibility index (Phi) is 7.74. The molecule has 0 aliphatic rings. The van der Waals surface area contributed by atoms with E-state index in [-0.39, 0.29) is 25.7 Å². The van der Waals surface area contributed by atoms with Gasteiger partial charge >= 0.3 is 11.9 Å². The number of aliphatic carboxylic acids is 1. The molecule has 0 bridgehead atoms. The maximum Gasteiger partial charge on any atom is 0.325 e. The minimum absolute atomic E-state index is 0.0137. The number of carbonyl (C=O) groups is 3. The third-order valence-electron chi connectivity index (χ3n) is 3.08. The summed E-state index contributed by atoms with van der Waals surface area (Å²) in [5.41, 5.74) is 0.491. The van der Waals surface area contributed by atoms with Crippen LogP contribution in [0.3, 0.4) is 0 Å². The van der Waals surface area contributed by atoms with Gasteiger partial charge in [0.2, 0.25) is 5.91 Å². The van der Waals surface area contributed by atoms with Gasteiger partial charge in [0.05, 0.1) is 18.6 Å². The Morgan fingerprint density at radius 1 is 1.17 bits per heavy atom. The van der Waals surface area contributed by atoms with Crippen LogP contribution in [0.4, 0.5) is 0 Å². The topological polar surface area (TPSA) is 102 Å². The zero-order chi connectivity index (χ0) is 18.1. The van der Waals surface area contributed by atoms with Crippen molar-refractivity contribution < 1.29 is 29.0 Å². The van der Waals surface area contributed by atoms with Crippen LogP contribution in [0.5, 0.6) is 5.75 Å². The predicted octanol–water partition coefficient (Wildman–Crippen LogP) is 1.71. The van der Waals surface area contributed by atoms with Crippen LogP contribution < -0.4 is 10.1 Å². The maximum atomic E-state index is 11.8. The lowest BCUT2D eigenvalue weighted by Gasteiger charge is -2.14. The number of rotatable bonds is 9. The van der Waals surface area contributed by atoms with E-state index in [1.165, 1.54) is 0 Å². The molecule has 0 aliphatic heterocycles. The first-order chi connectivity index (χ1) is 11.3. The third kappa shape index (κ3) is 6.68. The molecule has 1 amide bonds. The lowest BCUT2D eigenvalue weighted by atomic mass is 9.95. The molecule has 1 atom stereocenters. The molecule has 0 radical (unpaired) electrons. The van der Waals surface area contributed by atoms with Gasteiger partial charge in [-0.05, 0) is 38.5 Å². The van der Waals surface area contributed by atoms with E-state index in [1.807, 2.05) is 13.8 Å². The molecule has 0 aromatic heterocycles. The Balaban J connectivity index is 2.68. The fraction of sp³-hybridized carbons (Fsp3) is 0.471. The Hall–Kier alpha value is -2.57. The number of hydrogen-bond donors (Lipinski definition) is 2. The normalized spacial score (nSPS) is 11.7. The van der Waals surface area contributed by atoms with Crippen LogP contribution in [0.15, 0.2) is 24.3 Å². The highest BCUT2D eigenvalue weighted by Gasteiger charge is 2.23. The largest absolute Gasteiger partial charge is 0.491 e. The highest BCUT2D eigenvalue weighted by molar-refractivity contribution is 5.87. The molecule has 1 aromatic rings. The van der Waals surface area contributed by atoms with Gasteiger partial charge < -0.3 is 19.9 Å². The van der Waals surface area contributed by atoms with E-state index >= 15 is 0 Å². The van der Waals surface area contributed by atoms with Gasteiger partial charge in [0.15, 0.2) is 0 Å². The molecule has 1 aromatic carbocycles. The van der Waals surface area contributed by atoms with E-state index in [0.717, 1.165) is 0 Å². The average molecular weight is 337 g/mol. The number of carbonyl (C=O) groups excluding carboxylic acids is 2. The van der Waals surface area contributed by atoms with Crippen LogP contribution in [0, 0.1) is 0 Å². The zero-order valence-electron chi connectivity index (χ0n) is 14.1. The van der Waals surface area contributed by atoms with E-state index in [9.17, 15) is 19.5 Å². The molecular weight excluding hydrogens is 314 g/mol. The maximum absolute atomic E-state index is 11.8. The van der Waals surface area contributed by atoms with E-state index in [1.54, 1.807) is 31.2 Å². The van der Waals surface area contributed by atoms with Crippen molar-refractivity contribution in [2.45, 2.75) is 39.2 Å². The molecule has 2 N–H and O–H groups in total. The molecule has 1 rings (SSSR count). The van der Waals surface area contributed by atoms with E-state index in [0.29, 0.717) is 11.3 Å². The van der Waals surface area contributed by atoms with Crippen LogP contribution in [0.1, 0.15) is 38.7 Å². The Labute approximate surface area is 141 Å². The molecule has 24 heavy (non-hydrogen) atoms. The molecule has 0 aliphatic carbocycles. The second-order valence-corrected chi connectivity index (χ2v) is 5.41. The summed E-state index contributed by atoms with van der Waals surface area (Å²) in [6, 6.07) is 6.58. The number of hydrogen-bond acceptors (Lipinski definition) is 5. The van der Waals surface area contributed by atoms with Crippen molar-refractivity contribution in [3.8, 4) is 5.75 Å². The summed E-state index contributed by atoms with van der Waals surface area (Å²) >= 11 is 0. The summed E-state index contributed by atoms with van der Waals surface area (Å²) < 4.78 is 10.2. The lowest BCUT2D eigenvalue weighted by Crippen LogP contribution is -2.32. The zero-order valence-corrected chi connectivity index (χ0v) is 14.1. The quantitative estimate of drug-likeness (QED) is 0.665. The number of benzene rings is 1. The molecule has 132 valence electrons. The van der Waals surface area contributed by atoms with Crippen molar-refractivity contribution in [2.24, 2.45) is 0 Å². The number of esters is 1. The minimum atomic E-state index is -1.11. The summed E-state index contributed by atoms with van der Waals surface area (Å²) in [6.07, 6.45) is -0.251. The van der Waals surface area contributed by atoms with Crippen LogP contribution in [0.25, 0.3) is 0 Å². The number of carboxylic acid groups (broad SMARTS) is 1. The van der Waals surface area contributed by atoms with Gasteiger partial charge in [-0.1, -0.05) is 12.1 Å². The summed E-state index contributed by atoms with van der Waals surface area (Å²) in [6.45, 7) is 5.38. The molecule has 7 heteroatoms. The lowest BCUT2D eigenvalue weighted by molar-refractivity contribution is -0.143. The molecule has 0 unspecified atom stereocenters. The Morgan fingerprint density at radius 2 is 1.79 bits per heavy atom. The highest BCUT2D eigenvalue weighted by atomic mass is 16.5. The van der Waals surface area contributed by atoms with E-state index in [2.05, 4.69) is 5.32 Å². The summed E-state index contributed by atoms with van der Waals surface area (Å²) in [7, 11) is 0. The fourth-order valence-corrected chi connectivity index (χ4v) is 2.04. The van der Waals surface area contributed by atoms with Crippen LogP contribution in [0.2, 0.25) is 0 Å². The van der Waals surface area contributed by atoms with Crippen molar-refractivity contribution in [3.05, 3.63) is 29.8 Å². The second-order valence-electron chi connectivity index (χ2n) is 5.41. The van der Waals surface area contributed by atoms with Gasteiger partial charge in [0, 0.05) is 6.42 Å². The van der Waals surface area contributed by atoms with Gasteiger partial charge in [-0.2, -0.15) is 0 Å². The van der Waals surface area contributed by atoms with Gasteiger partial charge in [0.1, 0.15) is 12.3 Å². The first kappa shape index (κ1) is 19.5. The van der Waals surface area contributed by atoms with Crippen molar-refractivity contribution in [2.75, 3.05) is 13.2 Å². The van der Waals surface area contributed by atoms with Gasteiger partial charge in [-0.25, -0.2) is 0 Å². The SMILES string of the molecule is CCOC(=O)CNC(=O)C[C@H](C(=O)O)c1ccc(OC(C)C)cc1. The molecule has 0 fully saturated rings. The first-order valence-electron chi connectivity index (χ1n) is 7.75. The molecule has 0 spiro atoms. The molecule has 0 saturated carbocycles. The smallest absolute Gasteiger partial charge is 0.325 e. The van der Waals surface area contributed by atoms with Crippen LogP contribution in [-0.4, -0.2) is 42.2 Å². The number of nitrogens with one attached hydrogen (secondary N) is 1. The van der Waals surface area contributed by atoms with Gasteiger partial charge in [0.25, 0.3) is 0 Å². The monoisotopic (exact) mass is 337 g/mol. The standard InChI is InChI=1S/C17H23NO6/c1-4-23-16(20)10-18-15(19)9-14(17(21)22)12-5-7-13(8-6-12)24-11(2)3/h5-8,11,14H,4,9-10H2,1-3H3,(H,18,19)(H,21,22)/t14-/m0/s1. The van der Waals surface area contributed by atoms with Crippen LogP contribution >= 0.6 is 0 Å². The molecule has 7 nitrogen and oxygen atoms in total. The summed E-state index contributed by atoms with van der Waals surface area (Å²) in [5.74, 6) is -2.57. The first-order valence-corrected chi connectivity index (χ1v) is 7.75. The summed E-state index contributed by atoms with van der Waals surface area (Å²) in [5, 5.41) is 11.7. The van der Waals surface area contributed by atoms with Gasteiger partial charge in [-0.15, -0.1) is 0 Å². The number of amides is 1. The van der Waals surface area contributed by atoms with Crippen molar-refractivity contribution in [1.82, 2.24) is 5.32 Å². The third-order valence-corrected chi connectivity index (χ3v) is 3.08. The molecular formula is C17H23NO6. The van der Waals surface area contributed by atoms with Crippen molar-refractivity contribution in [1.29, 1.82) is 0 Å². The summed E-state index contributed by atoms with van der Waals surface area (Å²) in [4.78, 5) is 34.5. The predicted molar refractivity (Wildman–Crippen MR) is 86.8 cm³/mol. The molecule has 0 saturated heterocycles. The number of ether oxygens (including phenoxy) is 2. The second kappa shape index (κ2) is 9.54. The fourth-order valence-electron chi connectivity index (χ4n) is 2.04. The average Bonchev–Trinajstić information content (AvgIpc) is 2.51. The minimum Gasteiger partial charge on any atom is -0.491 e. The highest BCUT2D eigenvalue weighted by Crippen LogP contribution is 2.23. The van der Waals surface area contributed by atoms with Crippen molar-refractivity contribution >= 4 is 17.8 Å². The Bertz CT molecular complexity index is 567. The number of carboxylic acids is 1. The Morgan fingerprint density at radius 3 is 2.29 bits per heavy atom.